The molecule has 1 aliphatic rings. The van der Waals surface area contributed by atoms with Crippen molar-refractivity contribution in [1.29, 1.82) is 0 Å². The van der Waals surface area contributed by atoms with E-state index in [-0.39, 0.29) is 22.8 Å². The number of anilines is 2. The first-order valence-corrected chi connectivity index (χ1v) is 11.0. The van der Waals surface area contributed by atoms with Crippen LogP contribution in [0.1, 0.15) is 15.9 Å². The minimum Gasteiger partial charge on any atom is -0.477 e. The van der Waals surface area contributed by atoms with Crippen molar-refractivity contribution in [2.75, 3.05) is 23.3 Å². The van der Waals surface area contributed by atoms with Crippen LogP contribution in [-0.4, -0.2) is 49.6 Å². The lowest BCUT2D eigenvalue weighted by atomic mass is 9.98. The zero-order chi connectivity index (χ0) is 23.1. The molecule has 11 heteroatoms. The molecule has 166 valence electrons. The summed E-state index contributed by atoms with van der Waals surface area (Å²) in [6.45, 7) is 2.69. The highest BCUT2D eigenvalue weighted by Gasteiger charge is 2.34. The summed E-state index contributed by atoms with van der Waals surface area (Å²) < 4.78 is 1.54. The molecule has 1 fully saturated rings. The van der Waals surface area contributed by atoms with Gasteiger partial charge in [0.2, 0.25) is 11.3 Å². The Hall–Kier alpha value is -4.12. The van der Waals surface area contributed by atoms with Crippen LogP contribution in [0.5, 0.6) is 0 Å². The number of nitrogens with zero attached hydrogens (tertiary/aromatic N) is 5. The Balaban J connectivity index is 1.48. The molecule has 0 aromatic carbocycles. The molecule has 2 N–H and O–H groups in total. The van der Waals surface area contributed by atoms with Gasteiger partial charge in [-0.25, -0.2) is 14.8 Å². The Morgan fingerprint density at radius 2 is 2.09 bits per heavy atom. The van der Waals surface area contributed by atoms with Gasteiger partial charge in [0, 0.05) is 37.1 Å². The van der Waals surface area contributed by atoms with Crippen molar-refractivity contribution in [2.45, 2.75) is 6.92 Å². The van der Waals surface area contributed by atoms with Gasteiger partial charge in [0.1, 0.15) is 11.4 Å². The molecule has 5 heterocycles. The van der Waals surface area contributed by atoms with E-state index >= 15 is 0 Å². The van der Waals surface area contributed by atoms with Crippen molar-refractivity contribution in [2.24, 2.45) is 5.92 Å². The van der Waals surface area contributed by atoms with Crippen LogP contribution < -0.4 is 15.6 Å². The number of aromatic nitrogens is 4. The van der Waals surface area contributed by atoms with Gasteiger partial charge in [-0.2, -0.15) is 0 Å². The average molecular weight is 462 g/mol. The lowest BCUT2D eigenvalue weighted by Gasteiger charge is -2.39. The molecule has 1 aliphatic heterocycles. The van der Waals surface area contributed by atoms with Crippen molar-refractivity contribution in [3.63, 3.8) is 0 Å². The van der Waals surface area contributed by atoms with Gasteiger partial charge in [-0.1, -0.05) is 0 Å². The highest BCUT2D eigenvalue weighted by atomic mass is 32.1. The number of carboxylic acid groups (broad SMARTS) is 1. The van der Waals surface area contributed by atoms with Crippen LogP contribution in [0, 0.1) is 12.8 Å². The van der Waals surface area contributed by atoms with Crippen LogP contribution in [0.2, 0.25) is 0 Å². The van der Waals surface area contributed by atoms with E-state index in [4.69, 9.17) is 0 Å². The van der Waals surface area contributed by atoms with Crippen LogP contribution in [0.4, 0.5) is 11.5 Å². The van der Waals surface area contributed by atoms with Gasteiger partial charge in [-0.05, 0) is 30.7 Å². The van der Waals surface area contributed by atoms with Crippen molar-refractivity contribution >= 4 is 45.8 Å². The first-order chi connectivity index (χ1) is 15.9. The summed E-state index contributed by atoms with van der Waals surface area (Å²) in [5.41, 5.74) is 0.655. The molecule has 5 rings (SSSR count). The van der Waals surface area contributed by atoms with Crippen molar-refractivity contribution < 1.29 is 14.7 Å². The minimum atomic E-state index is -1.30. The van der Waals surface area contributed by atoms with E-state index in [2.05, 4.69) is 20.3 Å². The van der Waals surface area contributed by atoms with Gasteiger partial charge in [-0.15, -0.1) is 11.3 Å². The van der Waals surface area contributed by atoms with E-state index in [1.54, 1.807) is 49.1 Å². The molecule has 0 bridgehead atoms. The monoisotopic (exact) mass is 462 g/mol. The van der Waals surface area contributed by atoms with Crippen LogP contribution >= 0.6 is 11.3 Å². The summed E-state index contributed by atoms with van der Waals surface area (Å²) in [5.74, 6) is -1.000. The van der Waals surface area contributed by atoms with Crippen molar-refractivity contribution in [3.05, 3.63) is 69.7 Å². The smallest absolute Gasteiger partial charge is 0.341 e. The fourth-order valence-electron chi connectivity index (χ4n) is 3.78. The van der Waals surface area contributed by atoms with Crippen LogP contribution in [0.15, 0.2) is 53.2 Å². The largest absolute Gasteiger partial charge is 0.477 e. The third-order valence-corrected chi connectivity index (χ3v) is 6.27. The summed E-state index contributed by atoms with van der Waals surface area (Å²) in [7, 11) is 0. The molecule has 0 aliphatic carbocycles. The van der Waals surface area contributed by atoms with E-state index in [0.29, 0.717) is 40.9 Å². The highest BCUT2D eigenvalue weighted by Crippen LogP contribution is 2.29. The summed E-state index contributed by atoms with van der Waals surface area (Å²) in [5, 5.41) is 14.9. The molecule has 4 aromatic rings. The lowest BCUT2D eigenvalue weighted by molar-refractivity contribution is -0.120. The normalized spacial score (nSPS) is 13.7. The lowest BCUT2D eigenvalue weighted by Crippen LogP contribution is -2.52. The van der Waals surface area contributed by atoms with Gasteiger partial charge in [0.15, 0.2) is 10.8 Å². The predicted octanol–water partition coefficient (Wildman–Crippen LogP) is 2.32. The third-order valence-electron chi connectivity index (χ3n) is 5.50. The molecule has 4 aromatic heterocycles. The van der Waals surface area contributed by atoms with Gasteiger partial charge in [0.25, 0.3) is 0 Å². The van der Waals surface area contributed by atoms with E-state index in [1.165, 1.54) is 22.1 Å². The van der Waals surface area contributed by atoms with E-state index in [0.717, 1.165) is 0 Å². The van der Waals surface area contributed by atoms with E-state index in [9.17, 15) is 19.5 Å². The molecule has 0 radical (unpaired) electrons. The second kappa shape index (κ2) is 8.10. The number of thiazole rings is 1. The molecule has 0 spiro atoms. The first-order valence-electron chi connectivity index (χ1n) is 10.1. The summed E-state index contributed by atoms with van der Waals surface area (Å²) >= 11 is 1.31. The number of hydrogen-bond donors (Lipinski definition) is 2. The van der Waals surface area contributed by atoms with Gasteiger partial charge < -0.3 is 15.3 Å². The van der Waals surface area contributed by atoms with Gasteiger partial charge in [0.05, 0.1) is 23.2 Å². The number of carboxylic acids is 1. The molecule has 1 saturated heterocycles. The van der Waals surface area contributed by atoms with E-state index in [1.807, 2.05) is 4.90 Å². The van der Waals surface area contributed by atoms with E-state index < -0.39 is 11.4 Å². The number of carbonyl (C=O) groups is 2. The number of fused-ring (bicyclic) bond motifs is 1. The maximum Gasteiger partial charge on any atom is 0.341 e. The second-order valence-corrected chi connectivity index (χ2v) is 8.56. The standard InChI is InChI=1S/C22H18N6O4S/c1-12-7-16(27-9-13(10-27)20(30)25-14-3-2-4-23-8-14)26-19-17(12)18(29)15(21(31)32)11-28(19)22-24-5-6-33-22/h2-8,11,13H,9-10H2,1H3,(H,25,30)(H,31,32). The Morgan fingerprint density at radius 3 is 2.76 bits per heavy atom. The fourth-order valence-corrected chi connectivity index (χ4v) is 4.40. The molecule has 0 unspecified atom stereocenters. The van der Waals surface area contributed by atoms with Crippen molar-refractivity contribution in [1.82, 2.24) is 19.5 Å². The van der Waals surface area contributed by atoms with Crippen LogP contribution in [-0.2, 0) is 4.79 Å². The van der Waals surface area contributed by atoms with Gasteiger partial charge >= 0.3 is 5.97 Å². The van der Waals surface area contributed by atoms with Gasteiger partial charge in [-0.3, -0.25) is 19.1 Å². The predicted molar refractivity (Wildman–Crippen MR) is 123 cm³/mol. The Bertz CT molecular complexity index is 1430. The topological polar surface area (TPSA) is 130 Å². The summed E-state index contributed by atoms with van der Waals surface area (Å²) in [6.07, 6.45) is 6.09. The highest BCUT2D eigenvalue weighted by molar-refractivity contribution is 7.12. The molecule has 0 atom stereocenters. The fraction of sp³-hybridized carbons (Fsp3) is 0.182. The summed E-state index contributed by atoms with van der Waals surface area (Å²) in [6, 6.07) is 5.28. The maximum absolute atomic E-state index is 12.9. The Morgan fingerprint density at radius 1 is 1.27 bits per heavy atom. The molecular weight excluding hydrogens is 444 g/mol. The molecule has 33 heavy (non-hydrogen) atoms. The number of amides is 1. The SMILES string of the molecule is Cc1cc(N2CC(C(=O)Nc3cccnc3)C2)nc2c1c(=O)c(C(=O)O)cn2-c1nccs1. The Labute approximate surface area is 191 Å². The molecule has 10 nitrogen and oxygen atoms in total. The summed E-state index contributed by atoms with van der Waals surface area (Å²) in [4.78, 5) is 51.9. The molecular formula is C22H18N6O4S. The molecule has 0 saturated carbocycles. The van der Waals surface area contributed by atoms with Crippen LogP contribution in [0.3, 0.4) is 0 Å². The zero-order valence-corrected chi connectivity index (χ0v) is 18.2. The number of hydrogen-bond acceptors (Lipinski definition) is 8. The first kappa shape index (κ1) is 20.8. The number of pyridine rings is 3. The third kappa shape index (κ3) is 3.72. The number of aryl methyl sites for hydroxylation is 1. The number of nitrogens with one attached hydrogen (secondary N) is 1. The minimum absolute atomic E-state index is 0.0949. The van der Waals surface area contributed by atoms with Crippen LogP contribution in [0.25, 0.3) is 16.2 Å². The maximum atomic E-state index is 12.9. The number of rotatable bonds is 5. The number of carbonyl (C=O) groups excluding carboxylic acids is 1. The zero-order valence-electron chi connectivity index (χ0n) is 17.4. The molecule has 1 amide bonds. The quantitative estimate of drug-likeness (QED) is 0.462. The van der Waals surface area contributed by atoms with Crippen molar-refractivity contribution in [3.8, 4) is 5.13 Å². The Kier molecular flexibility index (Phi) is 5.09. The number of aromatic carboxylic acids is 1. The average Bonchev–Trinajstić information content (AvgIpc) is 3.28. The second-order valence-electron chi connectivity index (χ2n) is 7.69.